The van der Waals surface area contributed by atoms with Crippen molar-refractivity contribution in [1.29, 1.82) is 5.26 Å². The lowest BCUT2D eigenvalue weighted by atomic mass is 9.93. The topological polar surface area (TPSA) is 120 Å². The maximum absolute atomic E-state index is 13.7. The van der Waals surface area contributed by atoms with E-state index in [0.29, 0.717) is 12.8 Å². The van der Waals surface area contributed by atoms with E-state index in [2.05, 4.69) is 10.3 Å². The van der Waals surface area contributed by atoms with E-state index in [1.54, 1.807) is 0 Å². The maximum Gasteiger partial charge on any atom is 0.267 e. The highest BCUT2D eigenvalue weighted by molar-refractivity contribution is 7.92. The minimum Gasteiger partial charge on any atom is -0.338 e. The number of carbonyl (C=O) groups excluding carboxylic acids is 2. The molecule has 3 fully saturated rings. The van der Waals surface area contributed by atoms with E-state index < -0.39 is 63.2 Å². The summed E-state index contributed by atoms with van der Waals surface area (Å²) in [5, 5.41) is 10.8. The molecule has 12 heteroatoms. The van der Waals surface area contributed by atoms with Crippen LogP contribution in [0.5, 0.6) is 0 Å². The molecule has 1 aliphatic heterocycles. The van der Waals surface area contributed by atoms with Crippen LogP contribution in [-0.2, 0) is 19.4 Å². The lowest BCUT2D eigenvalue weighted by molar-refractivity contribution is -0.141. The zero-order valence-corrected chi connectivity index (χ0v) is 18.5. The van der Waals surface area contributed by atoms with E-state index in [-0.39, 0.29) is 29.4 Å². The SMILES string of the molecule is N#CC1(NC(=O)[C@@H]2CC(S(=O)(=O)c3ccc(Cl)cn3)C[C@H]2C(=O)N2CCC(F)(F)C2)CC1. The van der Waals surface area contributed by atoms with Crippen molar-refractivity contribution in [3.63, 3.8) is 0 Å². The first-order chi connectivity index (χ1) is 15.0. The molecule has 0 spiro atoms. The zero-order valence-electron chi connectivity index (χ0n) is 16.9. The molecular formula is C20H21ClF2N4O4S. The Hall–Kier alpha value is -2.32. The Morgan fingerprint density at radius 3 is 2.44 bits per heavy atom. The van der Waals surface area contributed by atoms with Gasteiger partial charge in [0.1, 0.15) is 5.54 Å². The molecule has 172 valence electrons. The van der Waals surface area contributed by atoms with Gasteiger partial charge in [-0.2, -0.15) is 5.26 Å². The zero-order chi connectivity index (χ0) is 23.3. The fourth-order valence-electron chi connectivity index (χ4n) is 4.39. The van der Waals surface area contributed by atoms with Crippen LogP contribution < -0.4 is 5.32 Å². The highest BCUT2D eigenvalue weighted by atomic mass is 35.5. The molecule has 1 aromatic heterocycles. The molecule has 1 aromatic rings. The normalized spacial score (nSPS) is 28.2. The number of halogens is 3. The lowest BCUT2D eigenvalue weighted by Crippen LogP contribution is -2.45. The molecule has 0 bridgehead atoms. The van der Waals surface area contributed by atoms with Gasteiger partial charge in [-0.15, -0.1) is 0 Å². The van der Waals surface area contributed by atoms with Crippen molar-refractivity contribution >= 4 is 33.3 Å². The number of likely N-dealkylation sites (tertiary alicyclic amines) is 1. The summed E-state index contributed by atoms with van der Waals surface area (Å²) in [5.41, 5.74) is -1.000. The van der Waals surface area contributed by atoms with Crippen LogP contribution in [0.25, 0.3) is 0 Å². The number of pyridine rings is 1. The van der Waals surface area contributed by atoms with Crippen LogP contribution >= 0.6 is 11.6 Å². The van der Waals surface area contributed by atoms with Gasteiger partial charge < -0.3 is 10.2 Å². The summed E-state index contributed by atoms with van der Waals surface area (Å²) in [6.07, 6.45) is 1.29. The number of hydrogen-bond acceptors (Lipinski definition) is 6. The Balaban J connectivity index is 1.60. The molecule has 2 amide bonds. The van der Waals surface area contributed by atoms with Crippen LogP contribution in [0, 0.1) is 23.2 Å². The van der Waals surface area contributed by atoms with Crippen LogP contribution in [-0.4, -0.2) is 59.9 Å². The Morgan fingerprint density at radius 1 is 1.22 bits per heavy atom. The second-order valence-electron chi connectivity index (χ2n) is 8.71. The third-order valence-electron chi connectivity index (χ3n) is 6.41. The summed E-state index contributed by atoms with van der Waals surface area (Å²) < 4.78 is 53.6. The quantitative estimate of drug-likeness (QED) is 0.679. The molecule has 1 saturated heterocycles. The number of rotatable bonds is 5. The Kier molecular flexibility index (Phi) is 5.66. The van der Waals surface area contributed by atoms with Crippen LogP contribution in [0.4, 0.5) is 8.78 Å². The van der Waals surface area contributed by atoms with Gasteiger partial charge in [-0.25, -0.2) is 22.2 Å². The number of hydrogen-bond donors (Lipinski definition) is 1. The van der Waals surface area contributed by atoms with Crippen LogP contribution in [0.3, 0.4) is 0 Å². The fraction of sp³-hybridized carbons (Fsp3) is 0.600. The first kappa shape index (κ1) is 22.9. The van der Waals surface area contributed by atoms with Gasteiger partial charge in [0.25, 0.3) is 5.92 Å². The summed E-state index contributed by atoms with van der Waals surface area (Å²) in [6.45, 7) is -0.913. The Labute approximate surface area is 188 Å². The Bertz CT molecular complexity index is 1090. The summed E-state index contributed by atoms with van der Waals surface area (Å²) >= 11 is 5.78. The molecule has 0 aromatic carbocycles. The molecule has 0 radical (unpaired) electrons. The molecule has 3 atom stereocenters. The van der Waals surface area contributed by atoms with Crippen LogP contribution in [0.15, 0.2) is 23.4 Å². The number of alkyl halides is 2. The summed E-state index contributed by atoms with van der Waals surface area (Å²) in [7, 11) is -4.00. The van der Waals surface area contributed by atoms with Gasteiger partial charge in [0, 0.05) is 19.2 Å². The van der Waals surface area contributed by atoms with E-state index in [1.807, 2.05) is 6.07 Å². The molecule has 8 nitrogen and oxygen atoms in total. The minimum absolute atomic E-state index is 0.158. The number of carbonyl (C=O) groups is 2. The number of nitrogens with one attached hydrogen (secondary N) is 1. The van der Waals surface area contributed by atoms with Crippen molar-refractivity contribution in [3.05, 3.63) is 23.4 Å². The van der Waals surface area contributed by atoms with E-state index >= 15 is 0 Å². The minimum atomic E-state index is -4.00. The first-order valence-electron chi connectivity index (χ1n) is 10.2. The number of nitrogens with zero attached hydrogens (tertiary/aromatic N) is 3. The fourth-order valence-corrected chi connectivity index (χ4v) is 6.22. The first-order valence-corrected chi connectivity index (χ1v) is 12.1. The van der Waals surface area contributed by atoms with Crippen molar-refractivity contribution in [3.8, 4) is 6.07 Å². The van der Waals surface area contributed by atoms with E-state index in [0.717, 1.165) is 4.90 Å². The van der Waals surface area contributed by atoms with Crippen molar-refractivity contribution in [2.45, 2.75) is 53.8 Å². The molecule has 1 unspecified atom stereocenters. The predicted octanol–water partition coefficient (Wildman–Crippen LogP) is 1.94. The van der Waals surface area contributed by atoms with Crippen molar-refractivity contribution in [2.24, 2.45) is 11.8 Å². The van der Waals surface area contributed by atoms with E-state index in [9.17, 15) is 32.0 Å². The van der Waals surface area contributed by atoms with E-state index in [4.69, 9.17) is 11.6 Å². The monoisotopic (exact) mass is 486 g/mol. The molecule has 2 aliphatic carbocycles. The molecule has 3 aliphatic rings. The van der Waals surface area contributed by atoms with Gasteiger partial charge in [-0.1, -0.05) is 11.6 Å². The van der Waals surface area contributed by atoms with Crippen LogP contribution in [0.2, 0.25) is 5.02 Å². The average Bonchev–Trinajstić information content (AvgIpc) is 3.19. The Morgan fingerprint density at radius 2 is 1.91 bits per heavy atom. The maximum atomic E-state index is 13.7. The van der Waals surface area contributed by atoms with Crippen molar-refractivity contribution in [1.82, 2.24) is 15.2 Å². The summed E-state index contributed by atoms with van der Waals surface area (Å²) in [5.74, 6) is -6.40. The third-order valence-corrected chi connectivity index (χ3v) is 8.72. The molecule has 2 heterocycles. The third kappa shape index (κ3) is 4.30. The average molecular weight is 487 g/mol. The predicted molar refractivity (Wildman–Crippen MR) is 108 cm³/mol. The molecule has 32 heavy (non-hydrogen) atoms. The lowest BCUT2D eigenvalue weighted by Gasteiger charge is -2.24. The standard InChI is InChI=1S/C20H21ClF2N4O4S/c21-12-1-2-16(25-9-12)32(30,31)13-7-14(17(28)26-19(10-24)3-4-19)15(8-13)18(29)27-6-5-20(22,23)11-27/h1-2,9,13-15H,3-8,11H2,(H,26,28)/t13?,14-,15-/m1/s1. The van der Waals surface area contributed by atoms with Gasteiger partial charge in [0.2, 0.25) is 11.8 Å². The van der Waals surface area contributed by atoms with Gasteiger partial charge in [-0.3, -0.25) is 9.59 Å². The highest BCUT2D eigenvalue weighted by Crippen LogP contribution is 2.42. The number of sulfone groups is 1. The largest absolute Gasteiger partial charge is 0.338 e. The second-order valence-corrected chi connectivity index (χ2v) is 11.3. The molecule has 2 saturated carbocycles. The molecule has 4 rings (SSSR count). The second kappa shape index (κ2) is 7.92. The molecular weight excluding hydrogens is 466 g/mol. The summed E-state index contributed by atoms with van der Waals surface area (Å²) in [6, 6.07) is 4.64. The molecule has 1 N–H and O–H groups in total. The number of aromatic nitrogens is 1. The summed E-state index contributed by atoms with van der Waals surface area (Å²) in [4.78, 5) is 30.9. The number of amides is 2. The van der Waals surface area contributed by atoms with Crippen molar-refractivity contribution in [2.75, 3.05) is 13.1 Å². The van der Waals surface area contributed by atoms with Gasteiger partial charge in [0.15, 0.2) is 14.9 Å². The smallest absolute Gasteiger partial charge is 0.267 e. The van der Waals surface area contributed by atoms with E-state index in [1.165, 1.54) is 18.3 Å². The van der Waals surface area contributed by atoms with Crippen LogP contribution in [0.1, 0.15) is 32.1 Å². The van der Waals surface area contributed by atoms with Gasteiger partial charge in [0.05, 0.1) is 34.7 Å². The van der Waals surface area contributed by atoms with Crippen molar-refractivity contribution < 1.29 is 26.8 Å². The number of nitriles is 1. The van der Waals surface area contributed by atoms with Gasteiger partial charge >= 0.3 is 0 Å². The highest BCUT2D eigenvalue weighted by Gasteiger charge is 2.53. The van der Waals surface area contributed by atoms with Gasteiger partial charge in [-0.05, 0) is 37.8 Å².